The van der Waals surface area contributed by atoms with Crippen LogP contribution in [0.25, 0.3) is 0 Å². The summed E-state index contributed by atoms with van der Waals surface area (Å²) in [5.74, 6) is 0. The van der Waals surface area contributed by atoms with Crippen LogP contribution in [-0.4, -0.2) is 6.54 Å². The van der Waals surface area contributed by atoms with Crippen molar-refractivity contribution in [1.29, 1.82) is 0 Å². The van der Waals surface area contributed by atoms with E-state index >= 15 is 0 Å². The van der Waals surface area contributed by atoms with Gasteiger partial charge < -0.3 is 5.32 Å². The van der Waals surface area contributed by atoms with Crippen LogP contribution in [0.5, 0.6) is 0 Å². The van der Waals surface area contributed by atoms with E-state index in [2.05, 4.69) is 59.9 Å². The Morgan fingerprint density at radius 3 is 2.80 bits per heavy atom. The molecule has 1 unspecified atom stereocenters. The van der Waals surface area contributed by atoms with E-state index in [0.29, 0.717) is 6.04 Å². The second kappa shape index (κ2) is 10.2. The summed E-state index contributed by atoms with van der Waals surface area (Å²) in [5, 5.41) is 3.69. The Morgan fingerprint density at radius 2 is 2.10 bits per heavy atom. The van der Waals surface area contributed by atoms with Crippen molar-refractivity contribution < 1.29 is 0 Å². The summed E-state index contributed by atoms with van der Waals surface area (Å²) in [6.45, 7) is 9.25. The first-order valence-corrected chi connectivity index (χ1v) is 8.58. The predicted molar refractivity (Wildman–Crippen MR) is 93.2 cm³/mol. The van der Waals surface area contributed by atoms with Crippen molar-refractivity contribution >= 4 is 15.9 Å². The number of rotatable bonds is 10. The molecule has 0 amide bonds. The number of aryl methyl sites for hydroxylation is 1. The molecular formula is C18H28BrN. The number of benzene rings is 1. The Morgan fingerprint density at radius 1 is 1.30 bits per heavy atom. The van der Waals surface area contributed by atoms with Gasteiger partial charge >= 0.3 is 0 Å². The van der Waals surface area contributed by atoms with Gasteiger partial charge in [0, 0.05) is 10.5 Å². The molecule has 1 rings (SSSR count). The van der Waals surface area contributed by atoms with Crippen molar-refractivity contribution in [2.75, 3.05) is 6.54 Å². The third-order valence-corrected chi connectivity index (χ3v) is 4.29. The number of nitrogens with one attached hydrogen (secondary N) is 1. The fourth-order valence-electron chi connectivity index (χ4n) is 2.43. The average molecular weight is 338 g/mol. The summed E-state index contributed by atoms with van der Waals surface area (Å²) < 4.78 is 1.22. The summed E-state index contributed by atoms with van der Waals surface area (Å²) in [6.07, 6.45) is 9.37. The van der Waals surface area contributed by atoms with E-state index in [0.717, 1.165) is 13.0 Å². The van der Waals surface area contributed by atoms with Crippen LogP contribution in [0.1, 0.15) is 62.6 Å². The first kappa shape index (κ1) is 17.5. The SMILES string of the molecule is C=CCCCCCC(NCCC)c1cc(C)ccc1Br. The molecule has 1 nitrogen and oxygen atoms in total. The van der Waals surface area contributed by atoms with E-state index in [1.54, 1.807) is 0 Å². The Kier molecular flexibility index (Phi) is 8.88. The number of halogens is 1. The van der Waals surface area contributed by atoms with Crippen LogP contribution in [-0.2, 0) is 0 Å². The van der Waals surface area contributed by atoms with E-state index in [4.69, 9.17) is 0 Å². The molecule has 0 spiro atoms. The quantitative estimate of drug-likeness (QED) is 0.411. The summed E-state index contributed by atoms with van der Waals surface area (Å²) in [5.41, 5.74) is 2.74. The van der Waals surface area contributed by atoms with Crippen molar-refractivity contribution in [3.05, 3.63) is 46.5 Å². The fourth-order valence-corrected chi connectivity index (χ4v) is 2.95. The normalized spacial score (nSPS) is 12.3. The van der Waals surface area contributed by atoms with Crippen LogP contribution in [0.2, 0.25) is 0 Å². The van der Waals surface area contributed by atoms with Gasteiger partial charge in [0.05, 0.1) is 0 Å². The van der Waals surface area contributed by atoms with Gasteiger partial charge in [-0.2, -0.15) is 0 Å². The third-order valence-electron chi connectivity index (χ3n) is 3.57. The molecule has 1 aromatic rings. The molecule has 0 radical (unpaired) electrons. The summed E-state index contributed by atoms with van der Waals surface area (Å²) in [6, 6.07) is 7.10. The standard InChI is InChI=1S/C18H28BrN/c1-4-6-7-8-9-10-18(20-13-5-2)16-14-15(3)11-12-17(16)19/h4,11-12,14,18,20H,1,5-10,13H2,2-3H3. The van der Waals surface area contributed by atoms with Crippen molar-refractivity contribution in [2.24, 2.45) is 0 Å². The molecule has 20 heavy (non-hydrogen) atoms. The minimum absolute atomic E-state index is 0.466. The van der Waals surface area contributed by atoms with Crippen LogP contribution in [0, 0.1) is 6.92 Å². The van der Waals surface area contributed by atoms with E-state index in [1.807, 2.05) is 6.08 Å². The van der Waals surface area contributed by atoms with Crippen molar-refractivity contribution in [1.82, 2.24) is 5.32 Å². The third kappa shape index (κ3) is 6.23. The number of allylic oxidation sites excluding steroid dienone is 1. The average Bonchev–Trinajstić information content (AvgIpc) is 2.45. The second-order valence-corrected chi connectivity index (χ2v) is 6.31. The Balaban J connectivity index is 2.62. The number of hydrogen-bond donors (Lipinski definition) is 1. The lowest BCUT2D eigenvalue weighted by Gasteiger charge is -2.21. The molecular weight excluding hydrogens is 310 g/mol. The molecule has 0 aliphatic rings. The fraction of sp³-hybridized carbons (Fsp3) is 0.556. The maximum Gasteiger partial charge on any atom is 0.0331 e. The molecule has 0 saturated carbocycles. The van der Waals surface area contributed by atoms with E-state index in [-0.39, 0.29) is 0 Å². The van der Waals surface area contributed by atoms with Gasteiger partial charge in [0.1, 0.15) is 0 Å². The summed E-state index contributed by atoms with van der Waals surface area (Å²) in [7, 11) is 0. The van der Waals surface area contributed by atoms with Crippen LogP contribution in [0.4, 0.5) is 0 Å². The predicted octanol–water partition coefficient (Wildman–Crippen LogP) is 5.93. The van der Waals surface area contributed by atoms with E-state index < -0.39 is 0 Å². The first-order valence-electron chi connectivity index (χ1n) is 7.79. The molecule has 1 aromatic carbocycles. The van der Waals surface area contributed by atoms with Gasteiger partial charge in [-0.05, 0) is 50.8 Å². The molecule has 2 heteroatoms. The molecule has 0 bridgehead atoms. The second-order valence-electron chi connectivity index (χ2n) is 5.46. The van der Waals surface area contributed by atoms with Gasteiger partial charge in [-0.25, -0.2) is 0 Å². The van der Waals surface area contributed by atoms with Gasteiger partial charge in [-0.3, -0.25) is 0 Å². The largest absolute Gasteiger partial charge is 0.310 e. The van der Waals surface area contributed by atoms with E-state index in [1.165, 1.54) is 47.7 Å². The maximum atomic E-state index is 3.78. The topological polar surface area (TPSA) is 12.0 Å². The van der Waals surface area contributed by atoms with Gasteiger partial charge in [0.2, 0.25) is 0 Å². The molecule has 1 atom stereocenters. The van der Waals surface area contributed by atoms with Gasteiger partial charge in [0.15, 0.2) is 0 Å². The minimum atomic E-state index is 0.466. The van der Waals surface area contributed by atoms with Crippen LogP contribution >= 0.6 is 15.9 Å². The van der Waals surface area contributed by atoms with Gasteiger partial charge in [-0.1, -0.05) is 59.5 Å². The van der Waals surface area contributed by atoms with Crippen LogP contribution in [0.3, 0.4) is 0 Å². The minimum Gasteiger partial charge on any atom is -0.310 e. The molecule has 0 aliphatic carbocycles. The van der Waals surface area contributed by atoms with E-state index in [9.17, 15) is 0 Å². The monoisotopic (exact) mass is 337 g/mol. The summed E-state index contributed by atoms with van der Waals surface area (Å²) in [4.78, 5) is 0. The zero-order valence-electron chi connectivity index (χ0n) is 12.9. The first-order chi connectivity index (χ1) is 9.69. The highest BCUT2D eigenvalue weighted by Crippen LogP contribution is 2.28. The van der Waals surface area contributed by atoms with Gasteiger partial charge in [-0.15, -0.1) is 6.58 Å². The van der Waals surface area contributed by atoms with Crippen LogP contribution in [0.15, 0.2) is 35.3 Å². The number of hydrogen-bond acceptors (Lipinski definition) is 1. The Bertz CT molecular complexity index is 400. The molecule has 0 saturated heterocycles. The lowest BCUT2D eigenvalue weighted by Crippen LogP contribution is -2.22. The smallest absolute Gasteiger partial charge is 0.0331 e. The van der Waals surface area contributed by atoms with Gasteiger partial charge in [0.25, 0.3) is 0 Å². The molecule has 1 N–H and O–H groups in total. The highest BCUT2D eigenvalue weighted by molar-refractivity contribution is 9.10. The van der Waals surface area contributed by atoms with Crippen molar-refractivity contribution in [3.8, 4) is 0 Å². The Labute approximate surface area is 133 Å². The summed E-state index contributed by atoms with van der Waals surface area (Å²) >= 11 is 3.70. The zero-order chi connectivity index (χ0) is 14.8. The highest BCUT2D eigenvalue weighted by atomic mass is 79.9. The Hall–Kier alpha value is -0.600. The molecule has 0 aliphatic heterocycles. The molecule has 0 heterocycles. The van der Waals surface area contributed by atoms with Crippen LogP contribution < -0.4 is 5.32 Å². The number of unbranched alkanes of at least 4 members (excludes halogenated alkanes) is 3. The highest BCUT2D eigenvalue weighted by Gasteiger charge is 2.13. The van der Waals surface area contributed by atoms with Crippen molar-refractivity contribution in [3.63, 3.8) is 0 Å². The van der Waals surface area contributed by atoms with Crippen molar-refractivity contribution in [2.45, 2.75) is 58.4 Å². The molecule has 112 valence electrons. The lowest BCUT2D eigenvalue weighted by atomic mass is 9.98. The molecule has 0 aromatic heterocycles. The molecule has 0 fully saturated rings. The zero-order valence-corrected chi connectivity index (χ0v) is 14.5. The lowest BCUT2D eigenvalue weighted by molar-refractivity contribution is 0.470. The maximum absolute atomic E-state index is 3.78.